The van der Waals surface area contributed by atoms with Gasteiger partial charge in [-0.05, 0) is 323 Å². The molecular formula is C77H74Br2N4. The highest BCUT2D eigenvalue weighted by atomic mass is 79.9. The molecule has 4 aromatic heterocycles. The van der Waals surface area contributed by atoms with Gasteiger partial charge in [0.25, 0.3) is 0 Å². The number of pyridine rings is 2. The van der Waals surface area contributed by atoms with E-state index < -0.39 is 0 Å². The third kappa shape index (κ3) is 8.27. The third-order valence-corrected chi connectivity index (χ3v) is 24.8. The maximum Gasteiger partial charge on any atom is 0.140 e. The van der Waals surface area contributed by atoms with E-state index in [4.69, 9.17) is 4.98 Å². The Morgan fingerprint density at radius 1 is 0.313 bits per heavy atom. The Balaban J connectivity index is 0.000000139. The van der Waals surface area contributed by atoms with Gasteiger partial charge in [0, 0.05) is 21.5 Å². The molecule has 6 heteroatoms. The van der Waals surface area contributed by atoms with Crippen LogP contribution in [-0.2, 0) is 22.7 Å². The van der Waals surface area contributed by atoms with Crippen LogP contribution in [0.3, 0.4) is 0 Å². The van der Waals surface area contributed by atoms with Crippen LogP contribution >= 0.6 is 31.9 Å². The molecular weight excluding hydrogens is 1140 g/mol. The Bertz CT molecular complexity index is 3950. The molecule has 12 bridgehead atoms. The minimum absolute atomic E-state index is 0.385. The van der Waals surface area contributed by atoms with Crippen LogP contribution in [0.5, 0.6) is 0 Å². The Labute approximate surface area is 506 Å². The largest absolute Gasteiger partial charge is 0.294 e. The molecule has 83 heavy (non-hydrogen) atoms. The molecule has 13 aliphatic carbocycles. The van der Waals surface area contributed by atoms with Gasteiger partial charge in [-0.3, -0.25) is 9.13 Å². The number of hydrogen-bond donors (Lipinski definition) is 0. The number of nitrogens with zero attached hydrogens (tertiary/aromatic N) is 4. The number of rotatable bonds is 5. The van der Waals surface area contributed by atoms with Crippen LogP contribution in [0.1, 0.15) is 143 Å². The fraction of sp³-hybridized carbons (Fsp3) is 0.403. The number of halogens is 2. The smallest absolute Gasteiger partial charge is 0.140 e. The Morgan fingerprint density at radius 2 is 0.675 bits per heavy atom. The molecule has 23 rings (SSSR count). The van der Waals surface area contributed by atoms with Gasteiger partial charge in [0.1, 0.15) is 20.8 Å². The molecule has 0 atom stereocenters. The van der Waals surface area contributed by atoms with Crippen LogP contribution in [0.15, 0.2) is 173 Å². The second-order valence-corrected chi connectivity index (χ2v) is 30.7. The summed E-state index contributed by atoms with van der Waals surface area (Å²) in [7, 11) is 0. The van der Waals surface area contributed by atoms with Crippen molar-refractivity contribution in [3.8, 4) is 22.8 Å². The van der Waals surface area contributed by atoms with E-state index >= 15 is 0 Å². The van der Waals surface area contributed by atoms with Crippen LogP contribution in [0, 0.1) is 53.3 Å². The second kappa shape index (κ2) is 19.1. The highest BCUT2D eigenvalue weighted by molar-refractivity contribution is 9.11. The van der Waals surface area contributed by atoms with E-state index in [0.717, 1.165) is 80.5 Å². The van der Waals surface area contributed by atoms with Gasteiger partial charge in [0.15, 0.2) is 0 Å². The summed E-state index contributed by atoms with van der Waals surface area (Å²) >= 11 is 6.44. The van der Waals surface area contributed by atoms with Crippen molar-refractivity contribution in [2.24, 2.45) is 53.3 Å². The molecule has 0 unspecified atom stereocenters. The average molecular weight is 1220 g/mol. The highest BCUT2D eigenvalue weighted by Gasteiger charge is 2.54. The first kappa shape index (κ1) is 50.5. The summed E-state index contributed by atoms with van der Waals surface area (Å²) in [6.45, 7) is 0. The lowest BCUT2D eigenvalue weighted by atomic mass is 9.48. The van der Waals surface area contributed by atoms with Gasteiger partial charge in [0.05, 0.1) is 22.1 Å². The molecule has 0 N–H and O–H groups in total. The normalized spacial score (nSPS) is 31.6. The summed E-state index contributed by atoms with van der Waals surface area (Å²) in [4.78, 5) is 9.54. The van der Waals surface area contributed by atoms with E-state index in [2.05, 4.69) is 192 Å². The molecule has 0 amide bonds. The van der Waals surface area contributed by atoms with Crippen molar-refractivity contribution in [2.75, 3.05) is 0 Å². The van der Waals surface area contributed by atoms with Crippen molar-refractivity contribution in [3.05, 3.63) is 201 Å². The first-order valence-corrected chi connectivity index (χ1v) is 33.8. The zero-order valence-corrected chi connectivity index (χ0v) is 50.9. The standard InChI is InChI=1S/C49H47N3.C23H24.C5H3Br2N/c1-3-8-42-38(6-1)40-22-36(48-24-30-16-31(25-48)18-32(17-30)26-48)12-14-44(40)51(42)46-10-5-11-47(50-46)52-43-9-4-2-7-39(43)41-23-37(13-15-45(41)52)49-27-33-19-34(28-49)21-35(20-33)29-49;1-2-4-21-18(3-1)10-19-5-6-20(11-22(19)21)23-12-15-7-16(13-23)9-17(8-15)14-23;6-4-2-1-3-5(7)8-4/h1-15,22-23,30-35H,16-21,24-29H2;1-6,11,15-17H,7-10,12-14H2;1-3H. The summed E-state index contributed by atoms with van der Waals surface area (Å²) in [5, 5.41) is 5.44. The predicted molar refractivity (Wildman–Crippen MR) is 347 cm³/mol. The zero-order valence-electron chi connectivity index (χ0n) is 47.8. The molecule has 0 radical (unpaired) electrons. The number of fused-ring (bicyclic) bond motifs is 9. The molecule has 12 saturated carbocycles. The summed E-state index contributed by atoms with van der Waals surface area (Å²) in [5.41, 5.74) is 17.3. The Morgan fingerprint density at radius 3 is 1.11 bits per heavy atom. The van der Waals surface area contributed by atoms with Gasteiger partial charge in [0.2, 0.25) is 0 Å². The first-order valence-electron chi connectivity index (χ1n) is 32.2. The summed E-state index contributed by atoms with van der Waals surface area (Å²) < 4.78 is 6.56. The average Bonchev–Trinajstić information content (AvgIpc) is 2.16. The lowest BCUT2D eigenvalue weighted by Crippen LogP contribution is -2.48. The van der Waals surface area contributed by atoms with Gasteiger partial charge in [-0.25, -0.2) is 9.97 Å². The summed E-state index contributed by atoms with van der Waals surface area (Å²) in [6.07, 6.45) is 27.4. The third-order valence-electron chi connectivity index (χ3n) is 24.0. The topological polar surface area (TPSA) is 35.6 Å². The van der Waals surface area contributed by atoms with Gasteiger partial charge < -0.3 is 0 Å². The minimum Gasteiger partial charge on any atom is -0.294 e. The molecule has 6 aromatic carbocycles. The van der Waals surface area contributed by atoms with E-state index in [-0.39, 0.29) is 0 Å². The van der Waals surface area contributed by atoms with Crippen molar-refractivity contribution >= 4 is 75.5 Å². The van der Waals surface area contributed by atoms with E-state index in [1.54, 1.807) is 22.3 Å². The lowest BCUT2D eigenvalue weighted by Gasteiger charge is -2.57. The quantitative estimate of drug-likeness (QED) is 0.161. The first-order chi connectivity index (χ1) is 40.7. The SMILES string of the molecule is Brc1cccc(Br)n1.c1cc(-n2c3ccccc3c3cc(C45CC6CC(CC(C6)C4)C5)ccc32)nc(-n2c3ccccc3c3cc(C45CC6CC(CC(C6)C4)C5)ccc32)c1.c1ccc2c(c1)Cc1ccc(C34CC5CC(CC(C5)C3)C4)cc1-2. The van der Waals surface area contributed by atoms with Crippen molar-refractivity contribution in [1.29, 1.82) is 0 Å². The molecule has 0 spiro atoms. The van der Waals surface area contributed by atoms with Crippen molar-refractivity contribution in [3.63, 3.8) is 0 Å². The molecule has 13 aliphatic rings. The Hall–Kier alpha value is -5.82. The molecule has 416 valence electrons. The summed E-state index contributed by atoms with van der Waals surface area (Å²) in [6, 6.07) is 62.0. The Kier molecular flexibility index (Phi) is 11.6. The van der Waals surface area contributed by atoms with Gasteiger partial charge in [-0.1, -0.05) is 103 Å². The number of benzene rings is 6. The fourth-order valence-corrected chi connectivity index (χ4v) is 22.9. The number of hydrogen-bond acceptors (Lipinski definition) is 2. The molecule has 10 aromatic rings. The van der Waals surface area contributed by atoms with E-state index in [9.17, 15) is 0 Å². The van der Waals surface area contributed by atoms with Gasteiger partial charge in [-0.15, -0.1) is 0 Å². The fourth-order valence-electron chi connectivity index (χ4n) is 22.0. The molecule has 12 fully saturated rings. The monoisotopic (exact) mass is 1210 g/mol. The van der Waals surface area contributed by atoms with Gasteiger partial charge >= 0.3 is 0 Å². The van der Waals surface area contributed by atoms with E-state index in [1.165, 1.54) is 176 Å². The van der Waals surface area contributed by atoms with E-state index in [0.29, 0.717) is 16.2 Å². The molecule has 0 saturated heterocycles. The maximum atomic E-state index is 5.54. The van der Waals surface area contributed by atoms with Crippen LogP contribution in [-0.4, -0.2) is 19.1 Å². The zero-order chi connectivity index (χ0) is 54.8. The van der Waals surface area contributed by atoms with Gasteiger partial charge in [-0.2, -0.15) is 0 Å². The van der Waals surface area contributed by atoms with Crippen molar-refractivity contribution < 1.29 is 0 Å². The second-order valence-electron chi connectivity index (χ2n) is 29.1. The van der Waals surface area contributed by atoms with Crippen LogP contribution < -0.4 is 0 Å². The summed E-state index contributed by atoms with van der Waals surface area (Å²) in [5.74, 6) is 10.7. The van der Waals surface area contributed by atoms with Crippen molar-refractivity contribution in [2.45, 2.75) is 138 Å². The number of para-hydroxylation sites is 2. The van der Waals surface area contributed by atoms with Crippen LogP contribution in [0.2, 0.25) is 0 Å². The molecule has 4 nitrogen and oxygen atoms in total. The predicted octanol–water partition coefficient (Wildman–Crippen LogP) is 20.5. The van der Waals surface area contributed by atoms with Crippen molar-refractivity contribution in [1.82, 2.24) is 19.1 Å². The van der Waals surface area contributed by atoms with Crippen LogP contribution in [0.25, 0.3) is 66.4 Å². The molecule has 4 heterocycles. The van der Waals surface area contributed by atoms with E-state index in [1.807, 2.05) is 18.2 Å². The number of aromatic nitrogens is 4. The molecule has 0 aliphatic heterocycles. The van der Waals surface area contributed by atoms with Crippen LogP contribution in [0.4, 0.5) is 0 Å². The maximum absolute atomic E-state index is 5.54. The lowest BCUT2D eigenvalue weighted by molar-refractivity contribution is -0.00527. The highest BCUT2D eigenvalue weighted by Crippen LogP contribution is 2.64. The minimum atomic E-state index is 0.385.